The molecule has 2 aliphatic rings. The van der Waals surface area contributed by atoms with Gasteiger partial charge in [-0.15, -0.1) is 0 Å². The van der Waals surface area contributed by atoms with Crippen molar-refractivity contribution in [2.75, 3.05) is 49.9 Å². The van der Waals surface area contributed by atoms with Crippen LogP contribution in [0.5, 0.6) is 0 Å². The summed E-state index contributed by atoms with van der Waals surface area (Å²) in [6.45, 7) is 1.99. The lowest BCUT2D eigenvalue weighted by molar-refractivity contribution is -0.121. The van der Waals surface area contributed by atoms with Gasteiger partial charge in [0, 0.05) is 51.9 Å². The van der Waals surface area contributed by atoms with Crippen molar-refractivity contribution in [2.45, 2.75) is 12.8 Å². The Labute approximate surface area is 198 Å². The van der Waals surface area contributed by atoms with Gasteiger partial charge >= 0.3 is 0 Å². The molecule has 2 aromatic rings. The molecule has 0 radical (unpaired) electrons. The summed E-state index contributed by atoms with van der Waals surface area (Å²) < 4.78 is 26.7. The Morgan fingerprint density at radius 3 is 2.21 bits per heavy atom. The number of fused-ring (bicyclic) bond motifs is 1. The van der Waals surface area contributed by atoms with Crippen molar-refractivity contribution in [3.63, 3.8) is 0 Å². The van der Waals surface area contributed by atoms with Crippen molar-refractivity contribution >= 4 is 33.6 Å². The zero-order valence-corrected chi connectivity index (χ0v) is 19.5. The average molecular weight is 486 g/mol. The predicted octanol–water partition coefficient (Wildman–Crippen LogP) is 0.726. The van der Waals surface area contributed by atoms with Gasteiger partial charge in [0.15, 0.2) is 0 Å². The highest BCUT2D eigenvalue weighted by Gasteiger charge is 2.34. The maximum atomic E-state index is 12.6. The first-order chi connectivity index (χ1) is 16.4. The van der Waals surface area contributed by atoms with Gasteiger partial charge in [-0.2, -0.15) is 4.31 Å². The van der Waals surface area contributed by atoms with E-state index >= 15 is 0 Å². The summed E-state index contributed by atoms with van der Waals surface area (Å²) in [6.07, 6.45) is 2.11. The summed E-state index contributed by atoms with van der Waals surface area (Å²) in [6, 6.07) is 12.3. The number of rotatable bonds is 9. The van der Waals surface area contributed by atoms with Crippen molar-refractivity contribution in [3.05, 3.63) is 59.8 Å². The van der Waals surface area contributed by atoms with Crippen LogP contribution < -0.4 is 10.2 Å². The molecule has 3 heterocycles. The molecule has 10 nitrogen and oxygen atoms in total. The van der Waals surface area contributed by atoms with E-state index in [9.17, 15) is 22.8 Å². The summed E-state index contributed by atoms with van der Waals surface area (Å²) in [7, 11) is -3.49. The zero-order valence-electron chi connectivity index (χ0n) is 18.7. The third-order valence-corrected chi connectivity index (χ3v) is 7.82. The minimum absolute atomic E-state index is 0.00857. The molecule has 4 rings (SSSR count). The first-order valence-corrected chi connectivity index (χ1v) is 12.8. The van der Waals surface area contributed by atoms with E-state index in [4.69, 9.17) is 0 Å². The number of anilines is 1. The largest absolute Gasteiger partial charge is 0.355 e. The van der Waals surface area contributed by atoms with Crippen LogP contribution in [-0.2, 0) is 14.8 Å². The molecule has 0 spiro atoms. The van der Waals surface area contributed by atoms with Crippen molar-refractivity contribution in [1.82, 2.24) is 19.5 Å². The highest BCUT2D eigenvalue weighted by molar-refractivity contribution is 7.89. The zero-order chi connectivity index (χ0) is 24.1. The van der Waals surface area contributed by atoms with E-state index in [1.165, 1.54) is 4.31 Å². The Morgan fingerprint density at radius 2 is 1.59 bits per heavy atom. The van der Waals surface area contributed by atoms with Crippen LogP contribution >= 0.6 is 0 Å². The first-order valence-electron chi connectivity index (χ1n) is 11.2. The number of nitrogens with zero attached hydrogens (tertiary/aromatic N) is 4. The van der Waals surface area contributed by atoms with Gasteiger partial charge in [0.25, 0.3) is 11.8 Å². The van der Waals surface area contributed by atoms with Gasteiger partial charge in [-0.25, -0.2) is 13.4 Å². The normalized spacial score (nSPS) is 16.6. The van der Waals surface area contributed by atoms with Crippen LogP contribution in [0.2, 0.25) is 0 Å². The van der Waals surface area contributed by atoms with E-state index in [2.05, 4.69) is 10.3 Å². The molecule has 3 amide bonds. The fraction of sp³-hybridized carbons (Fsp3) is 0.391. The molecule has 1 aromatic carbocycles. The summed E-state index contributed by atoms with van der Waals surface area (Å²) in [5.41, 5.74) is 0.756. The maximum Gasteiger partial charge on any atom is 0.261 e. The Hall–Kier alpha value is -3.31. The smallest absolute Gasteiger partial charge is 0.261 e. The first kappa shape index (κ1) is 23.8. The third kappa shape index (κ3) is 5.26. The third-order valence-electron chi connectivity index (χ3n) is 5.95. The van der Waals surface area contributed by atoms with E-state index in [-0.39, 0.29) is 43.0 Å². The highest BCUT2D eigenvalue weighted by Crippen LogP contribution is 2.22. The lowest BCUT2D eigenvalue weighted by atomic mass is 10.1. The molecule has 1 aromatic heterocycles. The SMILES string of the molecule is O=C(CCCN1C(=O)c2ccccc2C1=O)NCCS(=O)(=O)N1CCN(c2ccccn2)CC1. The molecular weight excluding hydrogens is 458 g/mol. The van der Waals surface area contributed by atoms with Crippen molar-refractivity contribution in [2.24, 2.45) is 0 Å². The second-order valence-corrected chi connectivity index (χ2v) is 10.2. The number of aromatic nitrogens is 1. The van der Waals surface area contributed by atoms with Gasteiger partial charge in [-0.3, -0.25) is 19.3 Å². The number of imide groups is 1. The molecular formula is C23H27N5O5S. The fourth-order valence-corrected chi connectivity index (χ4v) is 5.45. The van der Waals surface area contributed by atoms with Gasteiger partial charge in [0.2, 0.25) is 15.9 Å². The van der Waals surface area contributed by atoms with E-state index in [1.807, 2.05) is 23.1 Å². The van der Waals surface area contributed by atoms with Gasteiger partial charge in [-0.1, -0.05) is 18.2 Å². The van der Waals surface area contributed by atoms with Crippen molar-refractivity contribution < 1.29 is 22.8 Å². The van der Waals surface area contributed by atoms with Crippen LogP contribution in [0.25, 0.3) is 0 Å². The second-order valence-electron chi connectivity index (χ2n) is 8.15. The monoisotopic (exact) mass is 485 g/mol. The number of sulfonamides is 1. The Balaban J connectivity index is 1.16. The average Bonchev–Trinajstić information content (AvgIpc) is 3.09. The van der Waals surface area contributed by atoms with E-state index in [1.54, 1.807) is 30.5 Å². The lowest BCUT2D eigenvalue weighted by Gasteiger charge is -2.34. The topological polar surface area (TPSA) is 120 Å². The molecule has 0 unspecified atom stereocenters. The molecule has 0 bridgehead atoms. The molecule has 0 aliphatic carbocycles. The summed E-state index contributed by atoms with van der Waals surface area (Å²) in [5, 5.41) is 2.62. The minimum Gasteiger partial charge on any atom is -0.355 e. The van der Waals surface area contributed by atoms with E-state index in [0.29, 0.717) is 43.7 Å². The number of hydrogen-bond donors (Lipinski definition) is 1. The Kier molecular flexibility index (Phi) is 7.23. The number of piperazine rings is 1. The van der Waals surface area contributed by atoms with Crippen LogP contribution in [0.3, 0.4) is 0 Å². The molecule has 11 heteroatoms. The van der Waals surface area contributed by atoms with Gasteiger partial charge in [-0.05, 0) is 30.7 Å². The molecule has 1 N–H and O–H groups in total. The second kappa shape index (κ2) is 10.3. The number of carbonyl (C=O) groups excluding carboxylic acids is 3. The molecule has 34 heavy (non-hydrogen) atoms. The van der Waals surface area contributed by atoms with Crippen molar-refractivity contribution in [1.29, 1.82) is 0 Å². The van der Waals surface area contributed by atoms with Crippen LogP contribution in [0.15, 0.2) is 48.7 Å². The fourth-order valence-electron chi connectivity index (χ4n) is 4.11. The summed E-state index contributed by atoms with van der Waals surface area (Å²) in [4.78, 5) is 44.3. The maximum absolute atomic E-state index is 12.6. The summed E-state index contributed by atoms with van der Waals surface area (Å²) >= 11 is 0. The lowest BCUT2D eigenvalue weighted by Crippen LogP contribution is -2.50. The predicted molar refractivity (Wildman–Crippen MR) is 126 cm³/mol. The number of benzene rings is 1. The highest BCUT2D eigenvalue weighted by atomic mass is 32.2. The van der Waals surface area contributed by atoms with Crippen LogP contribution in [0, 0.1) is 0 Å². The Morgan fingerprint density at radius 1 is 0.941 bits per heavy atom. The molecule has 1 fully saturated rings. The van der Waals surface area contributed by atoms with Crippen LogP contribution in [-0.4, -0.2) is 85.3 Å². The van der Waals surface area contributed by atoms with Crippen LogP contribution in [0.1, 0.15) is 33.6 Å². The molecule has 2 aliphatic heterocycles. The van der Waals surface area contributed by atoms with E-state index in [0.717, 1.165) is 10.7 Å². The number of hydrogen-bond acceptors (Lipinski definition) is 7. The summed E-state index contributed by atoms with van der Waals surface area (Å²) in [5.74, 6) is -0.369. The molecule has 180 valence electrons. The molecule has 1 saturated heterocycles. The standard InChI is InChI=1S/C23H27N5O5S/c29-21(9-5-12-28-22(30)18-6-1-2-7-19(18)23(28)31)25-11-17-34(32,33)27-15-13-26(14-16-27)20-8-3-4-10-24-20/h1-4,6-8,10H,5,9,11-17H2,(H,25,29). The quantitative estimate of drug-likeness (QED) is 0.520. The van der Waals surface area contributed by atoms with E-state index < -0.39 is 10.0 Å². The van der Waals surface area contributed by atoms with Crippen molar-refractivity contribution in [3.8, 4) is 0 Å². The van der Waals surface area contributed by atoms with Crippen LogP contribution in [0.4, 0.5) is 5.82 Å². The van der Waals surface area contributed by atoms with Gasteiger partial charge < -0.3 is 10.2 Å². The molecule has 0 saturated carbocycles. The minimum atomic E-state index is -3.49. The van der Waals surface area contributed by atoms with Gasteiger partial charge in [0.05, 0.1) is 16.9 Å². The molecule has 0 atom stereocenters. The number of carbonyl (C=O) groups is 3. The number of nitrogens with one attached hydrogen (secondary N) is 1. The van der Waals surface area contributed by atoms with Gasteiger partial charge in [0.1, 0.15) is 5.82 Å². The number of amides is 3. The Bertz CT molecular complexity index is 1130. The number of pyridine rings is 1.